The second-order valence-electron chi connectivity index (χ2n) is 2.84. The maximum atomic E-state index is 11.0. The summed E-state index contributed by atoms with van der Waals surface area (Å²) in [6.07, 6.45) is 1.13. The summed E-state index contributed by atoms with van der Waals surface area (Å²) in [7, 11) is -3.11. The van der Waals surface area contributed by atoms with Crippen LogP contribution < -0.4 is 0 Å². The highest BCUT2D eigenvalue weighted by molar-refractivity contribution is 7.90. The van der Waals surface area contributed by atoms with Crippen molar-refractivity contribution in [2.45, 2.75) is 5.38 Å². The smallest absolute Gasteiger partial charge is 0.149 e. The first kappa shape index (κ1) is 12.6. The van der Waals surface area contributed by atoms with Gasteiger partial charge in [0.2, 0.25) is 0 Å². The number of hydrogen-bond donors (Lipinski definition) is 0. The molecule has 0 aliphatic heterocycles. The van der Waals surface area contributed by atoms with Crippen LogP contribution in [0.3, 0.4) is 0 Å². The van der Waals surface area contributed by atoms with Gasteiger partial charge in [-0.15, -0.1) is 22.9 Å². The minimum atomic E-state index is -3.11. The van der Waals surface area contributed by atoms with Gasteiger partial charge in [-0.25, -0.2) is 8.42 Å². The van der Waals surface area contributed by atoms with Crippen LogP contribution in [0.25, 0.3) is 0 Å². The van der Waals surface area contributed by atoms with Crippen LogP contribution in [0, 0.1) is 0 Å². The van der Waals surface area contributed by atoms with Crippen LogP contribution in [0.1, 0.15) is 10.9 Å². The summed E-state index contributed by atoms with van der Waals surface area (Å²) in [5.41, 5.74) is 0.578. The zero-order valence-corrected chi connectivity index (χ0v) is 11.0. The van der Waals surface area contributed by atoms with Gasteiger partial charge in [-0.1, -0.05) is 23.2 Å². The molecule has 0 aliphatic rings. The lowest BCUT2D eigenvalue weighted by Gasteiger charge is -2.05. The van der Waals surface area contributed by atoms with Crippen molar-refractivity contribution in [1.29, 1.82) is 0 Å². The largest absolute Gasteiger partial charge is 0.229 e. The summed E-state index contributed by atoms with van der Waals surface area (Å²) >= 11 is 18.6. The van der Waals surface area contributed by atoms with Gasteiger partial charge in [-0.2, -0.15) is 0 Å². The van der Waals surface area contributed by atoms with Gasteiger partial charge in [0.15, 0.2) is 0 Å². The fourth-order valence-electron chi connectivity index (χ4n) is 0.922. The average molecular weight is 294 g/mol. The Morgan fingerprint density at radius 3 is 2.43 bits per heavy atom. The van der Waals surface area contributed by atoms with E-state index in [9.17, 15) is 8.42 Å². The van der Waals surface area contributed by atoms with Gasteiger partial charge >= 0.3 is 0 Å². The fraction of sp³-hybridized carbons (Fsp3) is 0.429. The summed E-state index contributed by atoms with van der Waals surface area (Å²) in [5, 5.41) is -0.638. The molecular weight excluding hydrogens is 287 g/mol. The van der Waals surface area contributed by atoms with Crippen molar-refractivity contribution in [3.05, 3.63) is 20.3 Å². The second kappa shape index (κ2) is 4.58. The van der Waals surface area contributed by atoms with Crippen LogP contribution in [-0.4, -0.2) is 20.4 Å². The van der Waals surface area contributed by atoms with Gasteiger partial charge in [0, 0.05) is 11.8 Å². The maximum Gasteiger partial charge on any atom is 0.149 e. The zero-order chi connectivity index (χ0) is 10.9. The summed E-state index contributed by atoms with van der Waals surface area (Å²) in [6, 6.07) is 1.59. The van der Waals surface area contributed by atoms with Crippen LogP contribution in [0.2, 0.25) is 8.67 Å². The first-order valence-electron chi connectivity index (χ1n) is 3.56. The average Bonchev–Trinajstić information content (AvgIpc) is 2.26. The Kier molecular flexibility index (Phi) is 4.11. The Morgan fingerprint density at radius 1 is 1.50 bits per heavy atom. The Hall–Kier alpha value is 0.520. The summed E-state index contributed by atoms with van der Waals surface area (Å²) in [5.74, 6) is -0.138. The predicted molar refractivity (Wildman–Crippen MR) is 62.6 cm³/mol. The quantitative estimate of drug-likeness (QED) is 0.801. The number of alkyl halides is 1. The molecule has 80 valence electrons. The molecule has 0 bridgehead atoms. The van der Waals surface area contributed by atoms with Crippen LogP contribution in [-0.2, 0) is 9.84 Å². The SMILES string of the molecule is CS(=O)(=O)CC(Cl)c1cc(Cl)sc1Cl. The van der Waals surface area contributed by atoms with Crippen molar-refractivity contribution in [3.63, 3.8) is 0 Å². The van der Waals surface area contributed by atoms with Crippen molar-refractivity contribution in [2.24, 2.45) is 0 Å². The number of thiophene rings is 1. The van der Waals surface area contributed by atoms with Crippen LogP contribution in [0.4, 0.5) is 0 Å². The van der Waals surface area contributed by atoms with Crippen LogP contribution in [0.5, 0.6) is 0 Å². The van der Waals surface area contributed by atoms with E-state index >= 15 is 0 Å². The molecule has 1 unspecified atom stereocenters. The van der Waals surface area contributed by atoms with Gasteiger partial charge < -0.3 is 0 Å². The first-order chi connectivity index (χ1) is 6.29. The minimum Gasteiger partial charge on any atom is -0.229 e. The predicted octanol–water partition coefficient (Wildman–Crippen LogP) is 3.38. The molecule has 1 rings (SSSR count). The summed E-state index contributed by atoms with van der Waals surface area (Å²) < 4.78 is 22.9. The molecule has 14 heavy (non-hydrogen) atoms. The standard InChI is InChI=1S/C7H7Cl3O2S2/c1-14(11,12)3-5(8)4-2-6(9)13-7(4)10/h2,5H,3H2,1H3. The molecule has 0 fully saturated rings. The molecule has 1 aromatic heterocycles. The third-order valence-corrected chi connectivity index (χ3v) is 4.50. The molecule has 1 atom stereocenters. The molecule has 7 heteroatoms. The van der Waals surface area contributed by atoms with E-state index in [1.165, 1.54) is 11.3 Å². The van der Waals surface area contributed by atoms with Gasteiger partial charge in [0.1, 0.15) is 9.84 Å². The number of sulfone groups is 1. The van der Waals surface area contributed by atoms with Crippen molar-refractivity contribution in [3.8, 4) is 0 Å². The molecule has 1 aromatic rings. The Labute approximate surface area is 102 Å². The monoisotopic (exact) mass is 292 g/mol. The molecule has 2 nitrogen and oxygen atoms in total. The van der Waals surface area contributed by atoms with Crippen molar-refractivity contribution in [1.82, 2.24) is 0 Å². The van der Waals surface area contributed by atoms with Crippen molar-refractivity contribution >= 4 is 56.0 Å². The van der Waals surface area contributed by atoms with E-state index in [0.717, 1.165) is 6.26 Å². The molecule has 0 saturated carbocycles. The number of halogens is 3. The molecule has 0 amide bonds. The topological polar surface area (TPSA) is 34.1 Å². The number of hydrogen-bond acceptors (Lipinski definition) is 3. The molecule has 0 aromatic carbocycles. The highest BCUT2D eigenvalue weighted by Gasteiger charge is 2.19. The van der Waals surface area contributed by atoms with E-state index in [2.05, 4.69) is 0 Å². The van der Waals surface area contributed by atoms with E-state index in [0.29, 0.717) is 14.2 Å². The Bertz CT molecular complexity index is 424. The number of rotatable bonds is 3. The zero-order valence-electron chi connectivity index (χ0n) is 7.13. The van der Waals surface area contributed by atoms with E-state index in [1.807, 2.05) is 0 Å². The van der Waals surface area contributed by atoms with E-state index < -0.39 is 15.2 Å². The van der Waals surface area contributed by atoms with Gasteiger partial charge in [0.05, 0.1) is 19.8 Å². The van der Waals surface area contributed by atoms with Crippen molar-refractivity contribution in [2.75, 3.05) is 12.0 Å². The van der Waals surface area contributed by atoms with Crippen LogP contribution >= 0.6 is 46.1 Å². The Morgan fingerprint density at radius 2 is 2.07 bits per heavy atom. The summed E-state index contributed by atoms with van der Waals surface area (Å²) in [6.45, 7) is 0. The second-order valence-corrected chi connectivity index (χ2v) is 7.84. The first-order valence-corrected chi connectivity index (χ1v) is 7.63. The molecule has 1 heterocycles. The lowest BCUT2D eigenvalue weighted by molar-refractivity contribution is 0.600. The van der Waals surface area contributed by atoms with Crippen LogP contribution in [0.15, 0.2) is 6.07 Å². The molecule has 0 spiro atoms. The fourth-order valence-corrected chi connectivity index (χ4v) is 4.19. The summed E-state index contributed by atoms with van der Waals surface area (Å²) in [4.78, 5) is 0. The molecule has 0 saturated heterocycles. The third-order valence-electron chi connectivity index (χ3n) is 1.47. The van der Waals surface area contributed by atoms with Crippen molar-refractivity contribution < 1.29 is 8.42 Å². The third kappa shape index (κ3) is 3.59. The molecule has 0 radical (unpaired) electrons. The van der Waals surface area contributed by atoms with E-state index in [-0.39, 0.29) is 5.75 Å². The highest BCUT2D eigenvalue weighted by Crippen LogP contribution is 2.37. The van der Waals surface area contributed by atoms with E-state index in [1.54, 1.807) is 6.07 Å². The highest BCUT2D eigenvalue weighted by atomic mass is 35.5. The lowest BCUT2D eigenvalue weighted by atomic mass is 10.3. The van der Waals surface area contributed by atoms with Gasteiger partial charge in [-0.05, 0) is 6.07 Å². The van der Waals surface area contributed by atoms with E-state index in [4.69, 9.17) is 34.8 Å². The molecular formula is C7H7Cl3O2S2. The maximum absolute atomic E-state index is 11.0. The minimum absolute atomic E-state index is 0.138. The Balaban J connectivity index is 2.90. The van der Waals surface area contributed by atoms with Gasteiger partial charge in [-0.3, -0.25) is 0 Å². The normalized spacial score (nSPS) is 14.3. The molecule has 0 N–H and O–H groups in total. The molecule has 0 aliphatic carbocycles. The van der Waals surface area contributed by atoms with Gasteiger partial charge in [0.25, 0.3) is 0 Å². The lowest BCUT2D eigenvalue weighted by Crippen LogP contribution is -2.08.